The van der Waals surface area contributed by atoms with Crippen LogP contribution in [0.3, 0.4) is 0 Å². The highest BCUT2D eigenvalue weighted by molar-refractivity contribution is 7.98. The summed E-state index contributed by atoms with van der Waals surface area (Å²) >= 11 is 1.57. The van der Waals surface area contributed by atoms with Gasteiger partial charge in [0.2, 0.25) is 0 Å². The van der Waals surface area contributed by atoms with E-state index in [-0.39, 0.29) is 11.9 Å². The Labute approximate surface area is 145 Å². The number of hydrogen-bond acceptors (Lipinski definition) is 4. The van der Waals surface area contributed by atoms with Gasteiger partial charge in [-0.15, -0.1) is 0 Å². The molecule has 24 heavy (non-hydrogen) atoms. The molecular weight excluding hydrogens is 322 g/mol. The Morgan fingerprint density at radius 1 is 1.29 bits per heavy atom. The first kappa shape index (κ1) is 16.4. The van der Waals surface area contributed by atoms with Crippen LogP contribution in [-0.4, -0.2) is 15.5 Å². The Kier molecular flexibility index (Phi) is 5.05. The van der Waals surface area contributed by atoms with Gasteiger partial charge in [0, 0.05) is 19.4 Å². The number of carbonyl (C=O) groups is 1. The Balaban J connectivity index is 1.58. The molecule has 2 heterocycles. The number of nitrogens with one attached hydrogen (secondary N) is 1. The molecule has 1 unspecified atom stereocenters. The SMILES string of the molecule is CC(NC(=O)c1ccc(CSc2nccn2C)o1)c1ccccc1. The van der Waals surface area contributed by atoms with Gasteiger partial charge in [-0.3, -0.25) is 4.79 Å². The normalized spacial score (nSPS) is 12.1. The molecule has 0 aliphatic rings. The zero-order valence-corrected chi connectivity index (χ0v) is 14.4. The minimum atomic E-state index is -0.209. The number of aryl methyl sites for hydroxylation is 1. The Bertz CT molecular complexity index is 811. The van der Waals surface area contributed by atoms with Crippen molar-refractivity contribution in [2.45, 2.75) is 23.9 Å². The number of rotatable bonds is 6. The summed E-state index contributed by atoms with van der Waals surface area (Å²) in [6, 6.07) is 13.3. The molecule has 1 aromatic carbocycles. The van der Waals surface area contributed by atoms with Gasteiger partial charge in [0.15, 0.2) is 10.9 Å². The monoisotopic (exact) mass is 341 g/mol. The van der Waals surface area contributed by atoms with E-state index in [4.69, 9.17) is 4.42 Å². The van der Waals surface area contributed by atoms with E-state index in [0.717, 1.165) is 16.5 Å². The predicted molar refractivity (Wildman–Crippen MR) is 93.8 cm³/mol. The highest BCUT2D eigenvalue weighted by Crippen LogP contribution is 2.22. The molecule has 0 saturated heterocycles. The van der Waals surface area contributed by atoms with Crippen LogP contribution in [0.25, 0.3) is 0 Å². The Morgan fingerprint density at radius 3 is 2.79 bits per heavy atom. The van der Waals surface area contributed by atoms with Crippen molar-refractivity contribution in [1.82, 2.24) is 14.9 Å². The van der Waals surface area contributed by atoms with Crippen LogP contribution in [0.1, 0.15) is 34.8 Å². The highest BCUT2D eigenvalue weighted by atomic mass is 32.2. The number of thioether (sulfide) groups is 1. The fourth-order valence-electron chi connectivity index (χ4n) is 2.30. The van der Waals surface area contributed by atoms with Crippen LogP contribution < -0.4 is 5.32 Å². The van der Waals surface area contributed by atoms with E-state index in [9.17, 15) is 4.79 Å². The van der Waals surface area contributed by atoms with Crippen LogP contribution in [0.2, 0.25) is 0 Å². The number of furan rings is 1. The third-order valence-electron chi connectivity index (χ3n) is 3.65. The minimum absolute atomic E-state index is 0.0748. The smallest absolute Gasteiger partial charge is 0.287 e. The van der Waals surface area contributed by atoms with Crippen LogP contribution in [0, 0.1) is 0 Å². The maximum atomic E-state index is 12.3. The molecule has 3 aromatic rings. The number of aromatic nitrogens is 2. The number of benzene rings is 1. The molecule has 1 N–H and O–H groups in total. The summed E-state index contributed by atoms with van der Waals surface area (Å²) in [5.41, 5.74) is 1.06. The molecule has 0 fully saturated rings. The van der Waals surface area contributed by atoms with Crippen molar-refractivity contribution in [3.8, 4) is 0 Å². The third-order valence-corrected chi connectivity index (χ3v) is 4.73. The summed E-state index contributed by atoms with van der Waals surface area (Å²) in [6.07, 6.45) is 3.66. The van der Waals surface area contributed by atoms with Gasteiger partial charge < -0.3 is 14.3 Å². The summed E-state index contributed by atoms with van der Waals surface area (Å²) in [6.45, 7) is 1.95. The third kappa shape index (κ3) is 3.89. The van der Waals surface area contributed by atoms with Gasteiger partial charge in [0.1, 0.15) is 5.76 Å². The lowest BCUT2D eigenvalue weighted by Crippen LogP contribution is -2.26. The molecule has 1 amide bonds. The first-order chi connectivity index (χ1) is 11.6. The number of nitrogens with zero attached hydrogens (tertiary/aromatic N) is 2. The maximum Gasteiger partial charge on any atom is 0.287 e. The summed E-state index contributed by atoms with van der Waals surface area (Å²) in [5, 5.41) is 3.86. The molecule has 2 aromatic heterocycles. The second-order valence-electron chi connectivity index (χ2n) is 5.48. The van der Waals surface area contributed by atoms with Gasteiger partial charge in [0.05, 0.1) is 11.8 Å². The average Bonchev–Trinajstić information content (AvgIpc) is 3.22. The van der Waals surface area contributed by atoms with E-state index >= 15 is 0 Å². The first-order valence-electron chi connectivity index (χ1n) is 7.68. The largest absolute Gasteiger partial charge is 0.455 e. The van der Waals surface area contributed by atoms with Crippen molar-refractivity contribution in [1.29, 1.82) is 0 Å². The topological polar surface area (TPSA) is 60.1 Å². The second-order valence-corrected chi connectivity index (χ2v) is 6.42. The molecular formula is C18H19N3O2S. The van der Waals surface area contributed by atoms with Gasteiger partial charge in [-0.1, -0.05) is 42.1 Å². The van der Waals surface area contributed by atoms with Crippen molar-refractivity contribution in [3.05, 3.63) is 71.9 Å². The van der Waals surface area contributed by atoms with E-state index in [1.165, 1.54) is 0 Å². The van der Waals surface area contributed by atoms with Gasteiger partial charge in [-0.25, -0.2) is 4.98 Å². The predicted octanol–water partition coefficient (Wildman–Crippen LogP) is 3.80. The summed E-state index contributed by atoms with van der Waals surface area (Å²) in [4.78, 5) is 16.6. The molecule has 0 saturated carbocycles. The lowest BCUT2D eigenvalue weighted by atomic mass is 10.1. The van der Waals surface area contributed by atoms with E-state index in [0.29, 0.717) is 11.5 Å². The molecule has 0 radical (unpaired) electrons. The number of imidazole rings is 1. The molecule has 0 aliphatic heterocycles. The number of hydrogen-bond donors (Lipinski definition) is 1. The molecule has 5 nitrogen and oxygen atoms in total. The molecule has 124 valence electrons. The molecule has 0 aliphatic carbocycles. The zero-order chi connectivity index (χ0) is 16.9. The number of amides is 1. The fourth-order valence-corrected chi connectivity index (χ4v) is 3.12. The van der Waals surface area contributed by atoms with Crippen LogP contribution in [-0.2, 0) is 12.8 Å². The van der Waals surface area contributed by atoms with Crippen LogP contribution in [0.4, 0.5) is 0 Å². The fraction of sp³-hybridized carbons (Fsp3) is 0.222. The Morgan fingerprint density at radius 2 is 2.08 bits per heavy atom. The molecule has 1 atom stereocenters. The van der Waals surface area contributed by atoms with Crippen molar-refractivity contribution in [2.24, 2.45) is 7.05 Å². The second kappa shape index (κ2) is 7.40. The van der Waals surface area contributed by atoms with Gasteiger partial charge in [-0.05, 0) is 24.6 Å². The van der Waals surface area contributed by atoms with Gasteiger partial charge >= 0.3 is 0 Å². The summed E-state index contributed by atoms with van der Waals surface area (Å²) < 4.78 is 7.60. The van der Waals surface area contributed by atoms with E-state index < -0.39 is 0 Å². The van der Waals surface area contributed by atoms with Crippen molar-refractivity contribution in [2.75, 3.05) is 0 Å². The molecule has 6 heteroatoms. The molecule has 0 bridgehead atoms. The maximum absolute atomic E-state index is 12.3. The Hall–Kier alpha value is -2.47. The van der Waals surface area contributed by atoms with E-state index in [2.05, 4.69) is 10.3 Å². The quantitative estimate of drug-likeness (QED) is 0.693. The average molecular weight is 341 g/mol. The van der Waals surface area contributed by atoms with Crippen LogP contribution in [0.15, 0.2) is 64.4 Å². The number of carbonyl (C=O) groups excluding carboxylic acids is 1. The summed E-state index contributed by atoms with van der Waals surface area (Å²) in [7, 11) is 1.95. The molecule has 0 spiro atoms. The van der Waals surface area contributed by atoms with Crippen molar-refractivity contribution in [3.63, 3.8) is 0 Å². The van der Waals surface area contributed by atoms with Crippen molar-refractivity contribution >= 4 is 17.7 Å². The lowest BCUT2D eigenvalue weighted by molar-refractivity contribution is 0.0910. The first-order valence-corrected chi connectivity index (χ1v) is 8.66. The van der Waals surface area contributed by atoms with E-state index in [1.54, 1.807) is 24.0 Å². The molecule has 3 rings (SSSR count). The van der Waals surface area contributed by atoms with E-state index in [1.807, 2.05) is 61.1 Å². The van der Waals surface area contributed by atoms with Crippen molar-refractivity contribution < 1.29 is 9.21 Å². The zero-order valence-electron chi connectivity index (χ0n) is 13.6. The van der Waals surface area contributed by atoms with Crippen LogP contribution in [0.5, 0.6) is 0 Å². The summed E-state index contributed by atoms with van der Waals surface area (Å²) in [5.74, 6) is 1.50. The minimum Gasteiger partial charge on any atom is -0.455 e. The highest BCUT2D eigenvalue weighted by Gasteiger charge is 2.15. The standard InChI is InChI=1S/C18H19N3O2S/c1-13(14-6-4-3-5-7-14)20-17(22)16-9-8-15(23-16)12-24-18-19-10-11-21(18)2/h3-11,13H,12H2,1-2H3,(H,20,22). The van der Waals surface area contributed by atoms with Crippen LogP contribution >= 0.6 is 11.8 Å². The van der Waals surface area contributed by atoms with Gasteiger partial charge in [0.25, 0.3) is 5.91 Å². The lowest BCUT2D eigenvalue weighted by Gasteiger charge is -2.13. The van der Waals surface area contributed by atoms with Gasteiger partial charge in [-0.2, -0.15) is 0 Å².